The first-order chi connectivity index (χ1) is 9.02. The topological polar surface area (TPSA) is 68.9 Å². The van der Waals surface area contributed by atoms with Crippen LogP contribution in [-0.4, -0.2) is 21.2 Å². The predicted octanol–water partition coefficient (Wildman–Crippen LogP) is 0.685. The Bertz CT molecular complexity index is 720. The van der Waals surface area contributed by atoms with Gasteiger partial charge in [0.25, 0.3) is 0 Å². The number of hydrogen-bond acceptors (Lipinski definition) is 4. The lowest BCUT2D eigenvalue weighted by Crippen LogP contribution is -2.39. The zero-order valence-corrected chi connectivity index (χ0v) is 11.3. The summed E-state index contributed by atoms with van der Waals surface area (Å²) in [7, 11) is 3.27. The Morgan fingerprint density at radius 3 is 2.68 bits per heavy atom. The van der Waals surface area contributed by atoms with E-state index in [1.807, 2.05) is 0 Å². The summed E-state index contributed by atoms with van der Waals surface area (Å²) >= 11 is 6.04. The van der Waals surface area contributed by atoms with Crippen molar-refractivity contribution in [1.82, 2.24) is 14.1 Å². The van der Waals surface area contributed by atoms with Crippen LogP contribution in [0.1, 0.15) is 5.69 Å². The van der Waals surface area contributed by atoms with Crippen LogP contribution in [0.5, 0.6) is 0 Å². The van der Waals surface area contributed by atoms with E-state index in [4.69, 9.17) is 11.6 Å². The number of aryl methyl sites for hydroxylation is 1. The standard InChI is InChI=1S/C12H13ClN4O2/c1-14-10-4-3-8(13)9(15-10)7-17-6-5-16(2)11(18)12(17)19/h3-6H,7H2,1-2H3,(H,14,15). The van der Waals surface area contributed by atoms with Crippen LogP contribution < -0.4 is 16.4 Å². The quantitative estimate of drug-likeness (QED) is 0.840. The van der Waals surface area contributed by atoms with E-state index in [0.29, 0.717) is 16.5 Å². The number of hydrogen-bond donors (Lipinski definition) is 1. The van der Waals surface area contributed by atoms with Crippen LogP contribution in [-0.2, 0) is 13.6 Å². The van der Waals surface area contributed by atoms with Gasteiger partial charge in [0.15, 0.2) is 0 Å². The molecule has 7 heteroatoms. The Morgan fingerprint density at radius 1 is 1.26 bits per heavy atom. The molecule has 0 aliphatic rings. The fraction of sp³-hybridized carbons (Fsp3) is 0.250. The molecule has 0 radical (unpaired) electrons. The molecule has 100 valence electrons. The number of halogens is 1. The molecule has 0 spiro atoms. The number of nitrogens with zero attached hydrogens (tertiary/aromatic N) is 3. The third-order valence-corrected chi connectivity index (χ3v) is 3.07. The number of aromatic nitrogens is 3. The van der Waals surface area contributed by atoms with E-state index in [1.54, 1.807) is 19.2 Å². The smallest absolute Gasteiger partial charge is 0.316 e. The van der Waals surface area contributed by atoms with Crippen LogP contribution in [0.15, 0.2) is 34.1 Å². The normalized spacial score (nSPS) is 10.5. The maximum atomic E-state index is 11.8. The van der Waals surface area contributed by atoms with Gasteiger partial charge < -0.3 is 14.5 Å². The van der Waals surface area contributed by atoms with Crippen LogP contribution >= 0.6 is 11.6 Å². The third kappa shape index (κ3) is 2.68. The fourth-order valence-electron chi connectivity index (χ4n) is 1.61. The molecule has 0 bridgehead atoms. The van der Waals surface area contributed by atoms with Crippen molar-refractivity contribution < 1.29 is 0 Å². The molecule has 0 atom stereocenters. The highest BCUT2D eigenvalue weighted by molar-refractivity contribution is 6.31. The summed E-state index contributed by atoms with van der Waals surface area (Å²) in [5.74, 6) is 0.649. The van der Waals surface area contributed by atoms with E-state index in [-0.39, 0.29) is 6.54 Å². The molecule has 2 aromatic heterocycles. The van der Waals surface area contributed by atoms with Gasteiger partial charge in [-0.3, -0.25) is 9.59 Å². The zero-order chi connectivity index (χ0) is 14.0. The molecule has 2 heterocycles. The largest absolute Gasteiger partial charge is 0.373 e. The molecule has 0 fully saturated rings. The summed E-state index contributed by atoms with van der Waals surface area (Å²) in [5.41, 5.74) is -0.648. The highest BCUT2D eigenvalue weighted by Crippen LogP contribution is 2.16. The van der Waals surface area contributed by atoms with E-state index < -0.39 is 11.1 Å². The van der Waals surface area contributed by atoms with Crippen molar-refractivity contribution in [1.29, 1.82) is 0 Å². The second kappa shape index (κ2) is 5.27. The Hall–Kier alpha value is -2.08. The summed E-state index contributed by atoms with van der Waals surface area (Å²) in [6.07, 6.45) is 3.06. The van der Waals surface area contributed by atoms with Gasteiger partial charge in [0.05, 0.1) is 17.3 Å². The highest BCUT2D eigenvalue weighted by atomic mass is 35.5. The zero-order valence-electron chi connectivity index (χ0n) is 10.6. The number of anilines is 1. The molecule has 19 heavy (non-hydrogen) atoms. The van der Waals surface area contributed by atoms with Gasteiger partial charge in [-0.05, 0) is 12.1 Å². The van der Waals surface area contributed by atoms with Gasteiger partial charge in [0.1, 0.15) is 5.82 Å². The minimum Gasteiger partial charge on any atom is -0.373 e. The average molecular weight is 281 g/mol. The molecule has 0 amide bonds. The number of pyridine rings is 1. The molecule has 6 nitrogen and oxygen atoms in total. The van der Waals surface area contributed by atoms with Crippen LogP contribution in [0.3, 0.4) is 0 Å². The molecule has 1 N–H and O–H groups in total. The molecular formula is C12H13ClN4O2. The summed E-state index contributed by atoms with van der Waals surface area (Å²) in [6.45, 7) is 0.156. The predicted molar refractivity (Wildman–Crippen MR) is 73.8 cm³/mol. The lowest BCUT2D eigenvalue weighted by Gasteiger charge is -2.09. The van der Waals surface area contributed by atoms with Crippen LogP contribution in [0, 0.1) is 0 Å². The molecule has 2 aromatic rings. The Kier molecular flexibility index (Phi) is 3.71. The van der Waals surface area contributed by atoms with Gasteiger partial charge in [-0.1, -0.05) is 11.6 Å². The van der Waals surface area contributed by atoms with Crippen molar-refractivity contribution in [3.63, 3.8) is 0 Å². The van der Waals surface area contributed by atoms with E-state index in [1.165, 1.54) is 28.6 Å². The van der Waals surface area contributed by atoms with Crippen molar-refractivity contribution in [2.45, 2.75) is 6.54 Å². The van der Waals surface area contributed by atoms with Gasteiger partial charge in [0, 0.05) is 26.5 Å². The molecule has 0 saturated heterocycles. The van der Waals surface area contributed by atoms with Crippen LogP contribution in [0.25, 0.3) is 0 Å². The first-order valence-electron chi connectivity index (χ1n) is 5.62. The molecule has 0 aliphatic carbocycles. The summed E-state index contributed by atoms with van der Waals surface area (Å²) in [5, 5.41) is 3.34. The van der Waals surface area contributed by atoms with E-state index >= 15 is 0 Å². The van der Waals surface area contributed by atoms with Gasteiger partial charge in [0.2, 0.25) is 0 Å². The third-order valence-electron chi connectivity index (χ3n) is 2.73. The van der Waals surface area contributed by atoms with Crippen molar-refractivity contribution in [3.8, 4) is 0 Å². The number of nitrogens with one attached hydrogen (secondary N) is 1. The van der Waals surface area contributed by atoms with E-state index in [2.05, 4.69) is 10.3 Å². The molecule has 0 saturated carbocycles. The monoisotopic (exact) mass is 280 g/mol. The second-order valence-electron chi connectivity index (χ2n) is 4.02. The second-order valence-corrected chi connectivity index (χ2v) is 4.43. The SMILES string of the molecule is CNc1ccc(Cl)c(Cn2ccn(C)c(=O)c2=O)n1. The number of rotatable bonds is 3. The van der Waals surface area contributed by atoms with Gasteiger partial charge >= 0.3 is 11.1 Å². The lowest BCUT2D eigenvalue weighted by atomic mass is 10.3. The van der Waals surface area contributed by atoms with Crippen molar-refractivity contribution in [3.05, 3.63) is 56.0 Å². The van der Waals surface area contributed by atoms with Gasteiger partial charge in [-0.2, -0.15) is 0 Å². The minimum absolute atomic E-state index is 0.156. The van der Waals surface area contributed by atoms with Gasteiger partial charge in [-0.25, -0.2) is 4.98 Å². The van der Waals surface area contributed by atoms with Crippen molar-refractivity contribution in [2.24, 2.45) is 7.05 Å². The highest BCUT2D eigenvalue weighted by Gasteiger charge is 2.08. The summed E-state index contributed by atoms with van der Waals surface area (Å²) in [6, 6.07) is 3.43. The molecule has 2 rings (SSSR count). The van der Waals surface area contributed by atoms with Crippen molar-refractivity contribution in [2.75, 3.05) is 12.4 Å². The summed E-state index contributed by atoms with van der Waals surface area (Å²) < 4.78 is 2.52. The van der Waals surface area contributed by atoms with Crippen LogP contribution in [0.2, 0.25) is 5.02 Å². The minimum atomic E-state index is -0.599. The van der Waals surface area contributed by atoms with Gasteiger partial charge in [-0.15, -0.1) is 0 Å². The first kappa shape index (κ1) is 13.4. The fourth-order valence-corrected chi connectivity index (χ4v) is 1.77. The summed E-state index contributed by atoms with van der Waals surface area (Å²) in [4.78, 5) is 27.6. The molecule has 0 aliphatic heterocycles. The average Bonchev–Trinajstić information content (AvgIpc) is 2.41. The Labute approximate surface area is 114 Å². The maximum absolute atomic E-state index is 11.8. The van der Waals surface area contributed by atoms with Crippen LogP contribution in [0.4, 0.5) is 5.82 Å². The molecular weight excluding hydrogens is 268 g/mol. The molecule has 0 unspecified atom stereocenters. The first-order valence-corrected chi connectivity index (χ1v) is 6.00. The van der Waals surface area contributed by atoms with E-state index in [9.17, 15) is 9.59 Å². The maximum Gasteiger partial charge on any atom is 0.316 e. The molecule has 0 aromatic carbocycles. The Morgan fingerprint density at radius 2 is 2.00 bits per heavy atom. The lowest BCUT2D eigenvalue weighted by molar-refractivity contribution is 0.685. The Balaban J connectivity index is 2.45. The van der Waals surface area contributed by atoms with E-state index in [0.717, 1.165) is 0 Å². The van der Waals surface area contributed by atoms with Crippen molar-refractivity contribution >= 4 is 17.4 Å².